The van der Waals surface area contributed by atoms with E-state index in [0.29, 0.717) is 37.7 Å². The third-order valence-corrected chi connectivity index (χ3v) is 5.12. The molecule has 148 valence electrons. The van der Waals surface area contributed by atoms with E-state index in [-0.39, 0.29) is 11.5 Å². The Kier molecular flexibility index (Phi) is 5.52. The third-order valence-electron chi connectivity index (χ3n) is 4.63. The lowest BCUT2D eigenvalue weighted by Crippen LogP contribution is -2.47. The number of aromatic nitrogens is 3. The molecular formula is C19H18BrN7O2. The van der Waals surface area contributed by atoms with Gasteiger partial charge in [0.15, 0.2) is 0 Å². The Balaban J connectivity index is 1.57. The van der Waals surface area contributed by atoms with Gasteiger partial charge < -0.3 is 15.1 Å². The van der Waals surface area contributed by atoms with E-state index < -0.39 is 4.92 Å². The van der Waals surface area contributed by atoms with Gasteiger partial charge in [-0.15, -0.1) is 0 Å². The number of nitrogens with one attached hydrogen (secondary N) is 1. The van der Waals surface area contributed by atoms with Crippen molar-refractivity contribution in [2.24, 2.45) is 0 Å². The molecule has 0 aliphatic carbocycles. The molecule has 0 amide bonds. The standard InChI is InChI=1S/C19H18BrN7O2/c20-14-4-3-5-15(12-14)24-18-17(27(28)29)19(23-13-22-18)26-10-8-25(9-11-26)16-6-1-2-7-21-16/h1-7,12-13H,8-11H2,(H,22,23,24). The summed E-state index contributed by atoms with van der Waals surface area (Å²) >= 11 is 3.40. The smallest absolute Gasteiger partial charge is 0.353 e. The number of hydrogen-bond acceptors (Lipinski definition) is 8. The second kappa shape index (κ2) is 8.39. The average molecular weight is 456 g/mol. The second-order valence-electron chi connectivity index (χ2n) is 6.45. The molecule has 1 aliphatic rings. The SMILES string of the molecule is O=[N+]([O-])c1c(Nc2cccc(Br)c2)ncnc1N1CCN(c2ccccn2)CC1. The predicted octanol–water partition coefficient (Wildman–Crippen LogP) is 3.61. The molecule has 29 heavy (non-hydrogen) atoms. The van der Waals surface area contributed by atoms with E-state index in [2.05, 4.69) is 41.1 Å². The maximum absolute atomic E-state index is 11.9. The molecule has 0 bridgehead atoms. The van der Waals surface area contributed by atoms with Crippen LogP contribution in [-0.4, -0.2) is 46.1 Å². The molecular weight excluding hydrogens is 438 g/mol. The summed E-state index contributed by atoms with van der Waals surface area (Å²) in [6.07, 6.45) is 3.12. The molecule has 3 heterocycles. The van der Waals surface area contributed by atoms with Crippen molar-refractivity contribution in [1.82, 2.24) is 15.0 Å². The maximum atomic E-state index is 11.9. The van der Waals surface area contributed by atoms with E-state index in [1.807, 2.05) is 47.4 Å². The highest BCUT2D eigenvalue weighted by molar-refractivity contribution is 9.10. The van der Waals surface area contributed by atoms with Gasteiger partial charge in [-0.1, -0.05) is 28.1 Å². The topological polar surface area (TPSA) is 100 Å². The Labute approximate surface area is 175 Å². The predicted molar refractivity (Wildman–Crippen MR) is 115 cm³/mol. The number of anilines is 4. The minimum Gasteiger partial charge on any atom is -0.353 e. The Morgan fingerprint density at radius 2 is 1.79 bits per heavy atom. The molecule has 2 aromatic heterocycles. The number of pyridine rings is 1. The first-order valence-electron chi connectivity index (χ1n) is 9.05. The van der Waals surface area contributed by atoms with E-state index in [4.69, 9.17) is 0 Å². The van der Waals surface area contributed by atoms with Crippen LogP contribution in [0.3, 0.4) is 0 Å². The summed E-state index contributed by atoms with van der Waals surface area (Å²) in [4.78, 5) is 28.2. The van der Waals surface area contributed by atoms with Gasteiger partial charge in [0.25, 0.3) is 0 Å². The maximum Gasteiger partial charge on any atom is 0.353 e. The number of rotatable bonds is 5. The average Bonchev–Trinajstić information content (AvgIpc) is 2.74. The summed E-state index contributed by atoms with van der Waals surface area (Å²) in [7, 11) is 0. The van der Waals surface area contributed by atoms with Gasteiger partial charge in [-0.05, 0) is 30.3 Å². The van der Waals surface area contributed by atoms with Crippen molar-refractivity contribution in [3.63, 3.8) is 0 Å². The van der Waals surface area contributed by atoms with Crippen LogP contribution in [0.2, 0.25) is 0 Å². The normalized spacial score (nSPS) is 14.0. The minimum atomic E-state index is -0.430. The molecule has 0 saturated carbocycles. The Hall–Kier alpha value is -3.27. The van der Waals surface area contributed by atoms with Gasteiger partial charge in [0.2, 0.25) is 11.6 Å². The molecule has 1 aliphatic heterocycles. The summed E-state index contributed by atoms with van der Waals surface area (Å²) in [6, 6.07) is 13.2. The molecule has 9 nitrogen and oxygen atoms in total. The number of hydrogen-bond donors (Lipinski definition) is 1. The first kappa shape index (κ1) is 19.1. The van der Waals surface area contributed by atoms with Crippen LogP contribution in [-0.2, 0) is 0 Å². The number of benzene rings is 1. The molecule has 0 unspecified atom stereocenters. The van der Waals surface area contributed by atoms with Crippen molar-refractivity contribution in [3.8, 4) is 0 Å². The van der Waals surface area contributed by atoms with Crippen molar-refractivity contribution < 1.29 is 4.92 Å². The summed E-state index contributed by atoms with van der Waals surface area (Å²) in [6.45, 7) is 2.61. The van der Waals surface area contributed by atoms with Crippen molar-refractivity contribution in [3.05, 3.63) is 69.6 Å². The van der Waals surface area contributed by atoms with Gasteiger partial charge in [0.1, 0.15) is 12.1 Å². The van der Waals surface area contributed by atoms with E-state index in [1.54, 1.807) is 6.20 Å². The van der Waals surface area contributed by atoms with Crippen molar-refractivity contribution in [1.29, 1.82) is 0 Å². The number of nitrogens with zero attached hydrogens (tertiary/aromatic N) is 6. The fraction of sp³-hybridized carbons (Fsp3) is 0.211. The van der Waals surface area contributed by atoms with Gasteiger partial charge in [-0.25, -0.2) is 15.0 Å². The third kappa shape index (κ3) is 4.27. The highest BCUT2D eigenvalue weighted by atomic mass is 79.9. The van der Waals surface area contributed by atoms with Gasteiger partial charge in [-0.2, -0.15) is 0 Å². The molecule has 3 aromatic rings. The van der Waals surface area contributed by atoms with Gasteiger partial charge in [0, 0.05) is 42.5 Å². The highest BCUT2D eigenvalue weighted by Gasteiger charge is 2.29. The number of nitro groups is 1. The summed E-state index contributed by atoms with van der Waals surface area (Å²) < 4.78 is 0.866. The van der Waals surface area contributed by atoms with Crippen LogP contribution in [0.25, 0.3) is 0 Å². The highest BCUT2D eigenvalue weighted by Crippen LogP contribution is 2.34. The van der Waals surface area contributed by atoms with Crippen LogP contribution >= 0.6 is 15.9 Å². The Morgan fingerprint density at radius 3 is 2.48 bits per heavy atom. The van der Waals surface area contributed by atoms with Crippen LogP contribution in [0.4, 0.5) is 28.8 Å². The lowest BCUT2D eigenvalue weighted by Gasteiger charge is -2.35. The van der Waals surface area contributed by atoms with Crippen LogP contribution in [0.1, 0.15) is 0 Å². The Bertz CT molecular complexity index is 1010. The fourth-order valence-corrected chi connectivity index (χ4v) is 3.65. The lowest BCUT2D eigenvalue weighted by atomic mass is 10.2. The molecule has 4 rings (SSSR count). The fourth-order valence-electron chi connectivity index (χ4n) is 3.25. The zero-order valence-corrected chi connectivity index (χ0v) is 17.0. The molecule has 1 N–H and O–H groups in total. The summed E-state index contributed by atoms with van der Waals surface area (Å²) in [5, 5.41) is 14.9. The van der Waals surface area contributed by atoms with Crippen molar-refractivity contribution >= 4 is 44.8 Å². The van der Waals surface area contributed by atoms with Gasteiger partial charge in [0.05, 0.1) is 4.92 Å². The number of halogens is 1. The largest absolute Gasteiger partial charge is 0.353 e. The lowest BCUT2D eigenvalue weighted by molar-refractivity contribution is -0.383. The molecule has 1 aromatic carbocycles. The van der Waals surface area contributed by atoms with Crippen LogP contribution in [0.5, 0.6) is 0 Å². The molecule has 1 fully saturated rings. The van der Waals surface area contributed by atoms with Gasteiger partial charge >= 0.3 is 5.69 Å². The van der Waals surface area contributed by atoms with E-state index >= 15 is 0 Å². The van der Waals surface area contributed by atoms with Gasteiger partial charge in [-0.3, -0.25) is 10.1 Å². The first-order chi connectivity index (χ1) is 14.1. The minimum absolute atomic E-state index is 0.126. The quantitative estimate of drug-likeness (QED) is 0.459. The summed E-state index contributed by atoms with van der Waals surface area (Å²) in [5.41, 5.74) is 0.575. The van der Waals surface area contributed by atoms with Crippen molar-refractivity contribution in [2.45, 2.75) is 0 Å². The van der Waals surface area contributed by atoms with Crippen LogP contribution in [0, 0.1) is 10.1 Å². The summed E-state index contributed by atoms with van der Waals surface area (Å²) in [5.74, 6) is 1.40. The Morgan fingerprint density at radius 1 is 1.00 bits per heavy atom. The van der Waals surface area contributed by atoms with E-state index in [1.165, 1.54) is 6.33 Å². The molecule has 0 spiro atoms. The van der Waals surface area contributed by atoms with E-state index in [9.17, 15) is 10.1 Å². The van der Waals surface area contributed by atoms with Crippen molar-refractivity contribution in [2.75, 3.05) is 41.3 Å². The molecule has 10 heteroatoms. The van der Waals surface area contributed by atoms with Crippen LogP contribution in [0.15, 0.2) is 59.5 Å². The second-order valence-corrected chi connectivity index (χ2v) is 7.36. The monoisotopic (exact) mass is 455 g/mol. The first-order valence-corrected chi connectivity index (χ1v) is 9.84. The molecule has 1 saturated heterocycles. The number of piperazine rings is 1. The zero-order chi connectivity index (χ0) is 20.2. The zero-order valence-electron chi connectivity index (χ0n) is 15.4. The van der Waals surface area contributed by atoms with Crippen LogP contribution < -0.4 is 15.1 Å². The van der Waals surface area contributed by atoms with E-state index in [0.717, 1.165) is 10.3 Å². The molecule has 0 atom stereocenters. The molecule has 0 radical (unpaired) electrons.